The van der Waals surface area contributed by atoms with E-state index in [1.54, 1.807) is 30.0 Å². The van der Waals surface area contributed by atoms with E-state index >= 15 is 0 Å². The molecule has 1 aromatic heterocycles. The number of benzene rings is 1. The molecule has 23 heavy (non-hydrogen) atoms. The van der Waals surface area contributed by atoms with Crippen LogP contribution >= 0.6 is 0 Å². The fourth-order valence-corrected chi connectivity index (χ4v) is 2.54. The molecule has 0 unspecified atom stereocenters. The molecular weight excluding hydrogens is 297 g/mol. The largest absolute Gasteiger partial charge is 0.471 e. The molecule has 120 valence electrons. The first kappa shape index (κ1) is 15.4. The molecule has 0 bridgehead atoms. The molecular formula is C17H18FN3O2. The molecule has 0 N–H and O–H groups in total. The molecule has 1 aromatic carbocycles. The Kier molecular flexibility index (Phi) is 4.23. The van der Waals surface area contributed by atoms with Crippen LogP contribution in [-0.4, -0.2) is 40.2 Å². The molecule has 0 spiro atoms. The Morgan fingerprint density at radius 2 is 2.09 bits per heavy atom. The quantitative estimate of drug-likeness (QED) is 0.873. The number of likely N-dealkylation sites (tertiary alicyclic amines) is 1. The fraction of sp³-hybridized carbons (Fsp3) is 0.353. The van der Waals surface area contributed by atoms with E-state index < -0.39 is 0 Å². The van der Waals surface area contributed by atoms with Crippen LogP contribution in [-0.2, 0) is 0 Å². The minimum absolute atomic E-state index is 0.119. The van der Waals surface area contributed by atoms with Gasteiger partial charge in [-0.05, 0) is 37.6 Å². The monoisotopic (exact) mass is 315 g/mol. The van der Waals surface area contributed by atoms with Gasteiger partial charge in [0.15, 0.2) is 0 Å². The molecule has 3 rings (SSSR count). The Bertz CT molecular complexity index is 718. The number of ether oxygens (including phenoxy) is 1. The van der Waals surface area contributed by atoms with E-state index in [0.717, 1.165) is 12.1 Å². The van der Waals surface area contributed by atoms with Gasteiger partial charge >= 0.3 is 0 Å². The summed E-state index contributed by atoms with van der Waals surface area (Å²) in [5.74, 6) is -0.0842. The molecule has 1 aliphatic rings. The molecule has 0 saturated carbocycles. The standard InChI is InChI=1S/C17H18FN3O2/c1-11-3-5-13(9-15(11)18)17(22)21-8-7-14(10-21)23-16-6-4-12(2)19-20-16/h3-6,9,14H,7-8,10H2,1-2H3/t14-/m1/s1. The van der Waals surface area contributed by atoms with Gasteiger partial charge in [-0.3, -0.25) is 4.79 Å². The lowest BCUT2D eigenvalue weighted by atomic mass is 10.1. The smallest absolute Gasteiger partial charge is 0.254 e. The minimum Gasteiger partial charge on any atom is -0.471 e. The minimum atomic E-state index is -0.363. The lowest BCUT2D eigenvalue weighted by Crippen LogP contribution is -2.31. The topological polar surface area (TPSA) is 55.3 Å². The van der Waals surface area contributed by atoms with Crippen molar-refractivity contribution in [2.75, 3.05) is 13.1 Å². The van der Waals surface area contributed by atoms with Crippen molar-refractivity contribution in [3.05, 3.63) is 53.0 Å². The Morgan fingerprint density at radius 1 is 1.26 bits per heavy atom. The predicted octanol–water partition coefficient (Wildman–Crippen LogP) is 2.53. The molecule has 2 aromatic rings. The third-order valence-corrected chi connectivity index (χ3v) is 3.91. The van der Waals surface area contributed by atoms with Crippen LogP contribution in [0.4, 0.5) is 4.39 Å². The third-order valence-electron chi connectivity index (χ3n) is 3.91. The second-order valence-corrected chi connectivity index (χ2v) is 5.76. The van der Waals surface area contributed by atoms with E-state index in [1.807, 2.05) is 13.0 Å². The van der Waals surface area contributed by atoms with Crippen LogP contribution in [0.2, 0.25) is 0 Å². The number of carbonyl (C=O) groups is 1. The molecule has 1 amide bonds. The Labute approximate surface area is 134 Å². The van der Waals surface area contributed by atoms with Crippen molar-refractivity contribution in [2.45, 2.75) is 26.4 Å². The Morgan fingerprint density at radius 3 is 2.78 bits per heavy atom. The van der Waals surface area contributed by atoms with Crippen LogP contribution in [0, 0.1) is 19.7 Å². The predicted molar refractivity (Wildman–Crippen MR) is 82.8 cm³/mol. The van der Waals surface area contributed by atoms with Crippen LogP contribution in [0.25, 0.3) is 0 Å². The number of aryl methyl sites for hydroxylation is 2. The Hall–Kier alpha value is -2.50. The van der Waals surface area contributed by atoms with Crippen LogP contribution in [0.5, 0.6) is 5.88 Å². The van der Waals surface area contributed by atoms with E-state index in [2.05, 4.69) is 10.2 Å². The van der Waals surface area contributed by atoms with Crippen LogP contribution in [0.15, 0.2) is 30.3 Å². The highest BCUT2D eigenvalue weighted by Gasteiger charge is 2.28. The number of hydrogen-bond donors (Lipinski definition) is 0. The molecule has 1 atom stereocenters. The van der Waals surface area contributed by atoms with E-state index in [-0.39, 0.29) is 17.8 Å². The summed E-state index contributed by atoms with van der Waals surface area (Å²) in [5.41, 5.74) is 1.72. The van der Waals surface area contributed by atoms with Gasteiger partial charge in [0.05, 0.1) is 12.2 Å². The first-order valence-corrected chi connectivity index (χ1v) is 7.55. The van der Waals surface area contributed by atoms with Crippen molar-refractivity contribution >= 4 is 5.91 Å². The maximum Gasteiger partial charge on any atom is 0.254 e. The number of nitrogens with zero attached hydrogens (tertiary/aromatic N) is 3. The summed E-state index contributed by atoms with van der Waals surface area (Å²) in [6.45, 7) is 4.57. The number of aromatic nitrogens is 2. The highest BCUT2D eigenvalue weighted by Crippen LogP contribution is 2.19. The highest BCUT2D eigenvalue weighted by atomic mass is 19.1. The van der Waals surface area contributed by atoms with Gasteiger partial charge in [-0.2, -0.15) is 5.10 Å². The van der Waals surface area contributed by atoms with Gasteiger partial charge in [0.2, 0.25) is 5.88 Å². The first-order chi connectivity index (χ1) is 11.0. The number of rotatable bonds is 3. The fourth-order valence-electron chi connectivity index (χ4n) is 2.54. The van der Waals surface area contributed by atoms with Gasteiger partial charge < -0.3 is 9.64 Å². The van der Waals surface area contributed by atoms with Gasteiger partial charge in [0.25, 0.3) is 5.91 Å². The van der Waals surface area contributed by atoms with E-state index in [9.17, 15) is 9.18 Å². The summed E-state index contributed by atoms with van der Waals surface area (Å²) in [6.07, 6.45) is 0.599. The summed E-state index contributed by atoms with van der Waals surface area (Å²) in [4.78, 5) is 14.1. The van der Waals surface area contributed by atoms with E-state index in [4.69, 9.17) is 4.74 Å². The first-order valence-electron chi connectivity index (χ1n) is 7.55. The van der Waals surface area contributed by atoms with Crippen LogP contribution in [0.3, 0.4) is 0 Å². The maximum absolute atomic E-state index is 13.6. The van der Waals surface area contributed by atoms with Crippen molar-refractivity contribution in [1.29, 1.82) is 0 Å². The van der Waals surface area contributed by atoms with Crippen LogP contribution in [0.1, 0.15) is 28.0 Å². The van der Waals surface area contributed by atoms with E-state index in [0.29, 0.717) is 30.1 Å². The maximum atomic E-state index is 13.6. The van der Waals surface area contributed by atoms with Gasteiger partial charge in [-0.1, -0.05) is 6.07 Å². The zero-order valence-electron chi connectivity index (χ0n) is 13.1. The summed E-state index contributed by atoms with van der Waals surface area (Å²) in [7, 11) is 0. The number of carbonyl (C=O) groups excluding carboxylic acids is 1. The van der Waals surface area contributed by atoms with Crippen molar-refractivity contribution < 1.29 is 13.9 Å². The SMILES string of the molecule is Cc1ccc(O[C@@H]2CCN(C(=O)c3ccc(C)c(F)c3)C2)nn1. The van der Waals surface area contributed by atoms with Crippen molar-refractivity contribution in [3.8, 4) is 5.88 Å². The third kappa shape index (κ3) is 3.47. The van der Waals surface area contributed by atoms with E-state index in [1.165, 1.54) is 6.07 Å². The van der Waals surface area contributed by atoms with Crippen LogP contribution < -0.4 is 4.74 Å². The van der Waals surface area contributed by atoms with Crippen molar-refractivity contribution in [1.82, 2.24) is 15.1 Å². The zero-order chi connectivity index (χ0) is 16.4. The summed E-state index contributed by atoms with van der Waals surface area (Å²) >= 11 is 0. The average molecular weight is 315 g/mol. The second kappa shape index (κ2) is 6.32. The summed E-state index contributed by atoms with van der Waals surface area (Å²) < 4.78 is 19.4. The van der Waals surface area contributed by atoms with Gasteiger partial charge in [-0.25, -0.2) is 4.39 Å². The average Bonchev–Trinajstić information content (AvgIpc) is 3.00. The zero-order valence-corrected chi connectivity index (χ0v) is 13.1. The number of hydrogen-bond acceptors (Lipinski definition) is 4. The Balaban J connectivity index is 1.63. The van der Waals surface area contributed by atoms with Gasteiger partial charge in [0, 0.05) is 24.6 Å². The molecule has 1 aliphatic heterocycles. The lowest BCUT2D eigenvalue weighted by Gasteiger charge is -2.17. The molecule has 1 saturated heterocycles. The molecule has 2 heterocycles. The van der Waals surface area contributed by atoms with Gasteiger partial charge in [-0.15, -0.1) is 5.10 Å². The van der Waals surface area contributed by atoms with Crippen molar-refractivity contribution in [2.24, 2.45) is 0 Å². The van der Waals surface area contributed by atoms with Crippen molar-refractivity contribution in [3.63, 3.8) is 0 Å². The molecule has 1 fully saturated rings. The lowest BCUT2D eigenvalue weighted by molar-refractivity contribution is 0.0770. The summed E-state index contributed by atoms with van der Waals surface area (Å²) in [6, 6.07) is 8.16. The van der Waals surface area contributed by atoms with Gasteiger partial charge in [0.1, 0.15) is 11.9 Å². The number of amides is 1. The molecule has 6 heteroatoms. The highest BCUT2D eigenvalue weighted by molar-refractivity contribution is 5.94. The molecule has 0 aliphatic carbocycles. The normalized spacial score (nSPS) is 17.3. The number of halogens is 1. The second-order valence-electron chi connectivity index (χ2n) is 5.76. The molecule has 5 nitrogen and oxygen atoms in total. The summed E-state index contributed by atoms with van der Waals surface area (Å²) in [5, 5.41) is 7.91. The molecule has 0 radical (unpaired) electrons.